The number of aryl methyl sites for hydroxylation is 2. The molecule has 104 valence electrons. The second-order valence-electron chi connectivity index (χ2n) is 5.22. The van der Waals surface area contributed by atoms with Gasteiger partial charge in [-0.1, -0.05) is 47.7 Å². The van der Waals surface area contributed by atoms with E-state index in [2.05, 4.69) is 63.3 Å². The third kappa shape index (κ3) is 2.12. The SMILES string of the molecule is Cn1/c(=N\N=C2\CCc3ccccc32)sc2ccccc21. The third-order valence-electron chi connectivity index (χ3n) is 3.93. The fourth-order valence-electron chi connectivity index (χ4n) is 2.79. The van der Waals surface area contributed by atoms with Crippen molar-refractivity contribution in [1.29, 1.82) is 0 Å². The first-order valence-corrected chi connectivity index (χ1v) is 7.88. The molecule has 0 atom stereocenters. The Morgan fingerprint density at radius 1 is 0.952 bits per heavy atom. The summed E-state index contributed by atoms with van der Waals surface area (Å²) in [6.45, 7) is 0. The maximum absolute atomic E-state index is 4.52. The Labute approximate surface area is 126 Å². The van der Waals surface area contributed by atoms with Crippen molar-refractivity contribution in [2.75, 3.05) is 0 Å². The highest BCUT2D eigenvalue weighted by atomic mass is 32.1. The smallest absolute Gasteiger partial charge is 0.211 e. The van der Waals surface area contributed by atoms with Gasteiger partial charge in [0, 0.05) is 12.6 Å². The van der Waals surface area contributed by atoms with E-state index in [0.717, 1.165) is 23.4 Å². The molecule has 1 aliphatic rings. The van der Waals surface area contributed by atoms with Crippen LogP contribution in [0.1, 0.15) is 17.5 Å². The van der Waals surface area contributed by atoms with Crippen LogP contribution in [0, 0.1) is 0 Å². The molecular weight excluding hydrogens is 278 g/mol. The molecule has 0 saturated carbocycles. The largest absolute Gasteiger partial charge is 0.318 e. The Morgan fingerprint density at radius 2 is 1.76 bits per heavy atom. The van der Waals surface area contributed by atoms with Gasteiger partial charge in [-0.3, -0.25) is 0 Å². The highest BCUT2D eigenvalue weighted by Gasteiger charge is 2.16. The lowest BCUT2D eigenvalue weighted by molar-refractivity contribution is 0.887. The monoisotopic (exact) mass is 293 g/mol. The summed E-state index contributed by atoms with van der Waals surface area (Å²) in [5, 5.41) is 9.02. The van der Waals surface area contributed by atoms with Gasteiger partial charge < -0.3 is 4.57 Å². The van der Waals surface area contributed by atoms with Crippen LogP contribution >= 0.6 is 11.3 Å². The van der Waals surface area contributed by atoms with Crippen molar-refractivity contribution in [3.8, 4) is 0 Å². The molecule has 0 fully saturated rings. The molecule has 0 radical (unpaired) electrons. The van der Waals surface area contributed by atoms with E-state index in [1.54, 1.807) is 11.3 Å². The number of hydrogen-bond donors (Lipinski definition) is 0. The Kier molecular flexibility index (Phi) is 2.97. The molecule has 0 saturated heterocycles. The fourth-order valence-corrected chi connectivity index (χ4v) is 3.76. The molecule has 3 nitrogen and oxygen atoms in total. The second kappa shape index (κ2) is 4.97. The molecule has 2 aromatic carbocycles. The van der Waals surface area contributed by atoms with E-state index >= 15 is 0 Å². The number of thiazole rings is 1. The summed E-state index contributed by atoms with van der Waals surface area (Å²) in [5.74, 6) is 0. The van der Waals surface area contributed by atoms with Gasteiger partial charge in [-0.2, -0.15) is 5.10 Å². The van der Waals surface area contributed by atoms with Gasteiger partial charge in [-0.15, -0.1) is 5.10 Å². The average molecular weight is 293 g/mol. The summed E-state index contributed by atoms with van der Waals surface area (Å²) >= 11 is 1.68. The van der Waals surface area contributed by atoms with Crippen LogP contribution in [0.3, 0.4) is 0 Å². The van der Waals surface area contributed by atoms with Gasteiger partial charge in [0.05, 0.1) is 15.9 Å². The maximum atomic E-state index is 4.52. The summed E-state index contributed by atoms with van der Waals surface area (Å²) < 4.78 is 3.34. The number of para-hydroxylation sites is 1. The molecular formula is C17H15N3S. The van der Waals surface area contributed by atoms with E-state index in [9.17, 15) is 0 Å². The van der Waals surface area contributed by atoms with Crippen molar-refractivity contribution in [2.24, 2.45) is 17.3 Å². The molecule has 0 amide bonds. The summed E-state index contributed by atoms with van der Waals surface area (Å²) in [4.78, 5) is 0.938. The minimum absolute atomic E-state index is 0.938. The van der Waals surface area contributed by atoms with Crippen molar-refractivity contribution in [2.45, 2.75) is 12.8 Å². The molecule has 0 unspecified atom stereocenters. The van der Waals surface area contributed by atoms with E-state index in [0.29, 0.717) is 0 Å². The lowest BCUT2D eigenvalue weighted by Crippen LogP contribution is -2.09. The zero-order valence-electron chi connectivity index (χ0n) is 11.8. The summed E-state index contributed by atoms with van der Waals surface area (Å²) in [5.41, 5.74) is 4.94. The van der Waals surface area contributed by atoms with Crippen molar-refractivity contribution in [3.63, 3.8) is 0 Å². The zero-order valence-corrected chi connectivity index (χ0v) is 12.6. The molecule has 21 heavy (non-hydrogen) atoms. The Hall–Kier alpha value is -2.20. The van der Waals surface area contributed by atoms with Crippen LogP contribution in [-0.2, 0) is 13.5 Å². The van der Waals surface area contributed by atoms with Crippen molar-refractivity contribution in [3.05, 3.63) is 64.5 Å². The van der Waals surface area contributed by atoms with Crippen LogP contribution < -0.4 is 4.80 Å². The van der Waals surface area contributed by atoms with Gasteiger partial charge in [0.15, 0.2) is 0 Å². The first-order valence-electron chi connectivity index (χ1n) is 7.06. The Morgan fingerprint density at radius 3 is 2.67 bits per heavy atom. The van der Waals surface area contributed by atoms with Crippen LogP contribution in [0.4, 0.5) is 0 Å². The summed E-state index contributed by atoms with van der Waals surface area (Å²) in [6, 6.07) is 16.8. The molecule has 4 heteroatoms. The van der Waals surface area contributed by atoms with E-state index in [4.69, 9.17) is 0 Å². The predicted molar refractivity (Wildman–Crippen MR) is 87.7 cm³/mol. The van der Waals surface area contributed by atoms with E-state index < -0.39 is 0 Å². The molecule has 1 aromatic heterocycles. The molecule has 0 N–H and O–H groups in total. The van der Waals surface area contributed by atoms with Crippen LogP contribution in [0.5, 0.6) is 0 Å². The number of benzene rings is 2. The molecule has 4 rings (SSSR count). The topological polar surface area (TPSA) is 29.6 Å². The number of hydrogen-bond acceptors (Lipinski definition) is 3. The third-order valence-corrected chi connectivity index (χ3v) is 5.03. The number of nitrogens with zero attached hydrogens (tertiary/aromatic N) is 3. The van der Waals surface area contributed by atoms with E-state index in [1.165, 1.54) is 21.3 Å². The number of rotatable bonds is 1. The minimum atomic E-state index is 0.938. The van der Waals surface area contributed by atoms with E-state index in [-0.39, 0.29) is 0 Å². The Balaban J connectivity index is 1.82. The second-order valence-corrected chi connectivity index (χ2v) is 6.22. The van der Waals surface area contributed by atoms with Gasteiger partial charge in [-0.05, 0) is 30.5 Å². The minimum Gasteiger partial charge on any atom is -0.318 e. The standard InChI is InChI=1S/C17H15N3S/c1-20-15-8-4-5-9-16(15)21-17(20)19-18-14-11-10-12-6-2-3-7-13(12)14/h2-9H,10-11H2,1H3/b18-14-,19-17+. The lowest BCUT2D eigenvalue weighted by Gasteiger charge is -1.96. The van der Waals surface area contributed by atoms with Crippen molar-refractivity contribution in [1.82, 2.24) is 4.57 Å². The lowest BCUT2D eigenvalue weighted by atomic mass is 10.1. The summed E-state index contributed by atoms with van der Waals surface area (Å²) in [6.07, 6.45) is 2.06. The first-order chi connectivity index (χ1) is 10.3. The van der Waals surface area contributed by atoms with E-state index in [1.807, 2.05) is 7.05 Å². The molecule has 0 bridgehead atoms. The van der Waals surface area contributed by atoms with Gasteiger partial charge in [0.1, 0.15) is 0 Å². The average Bonchev–Trinajstić information content (AvgIpc) is 3.07. The maximum Gasteiger partial charge on any atom is 0.211 e. The quantitative estimate of drug-likeness (QED) is 0.615. The van der Waals surface area contributed by atoms with Crippen LogP contribution in [-0.4, -0.2) is 10.3 Å². The fraction of sp³-hybridized carbons (Fsp3) is 0.176. The zero-order chi connectivity index (χ0) is 14.2. The Bertz CT molecular complexity index is 915. The normalized spacial score (nSPS) is 16.8. The molecule has 0 spiro atoms. The van der Waals surface area contributed by atoms with Gasteiger partial charge >= 0.3 is 0 Å². The van der Waals surface area contributed by atoms with Crippen LogP contribution in [0.2, 0.25) is 0 Å². The first kappa shape index (κ1) is 12.5. The highest BCUT2D eigenvalue weighted by molar-refractivity contribution is 7.16. The van der Waals surface area contributed by atoms with Crippen LogP contribution in [0.25, 0.3) is 10.2 Å². The van der Waals surface area contributed by atoms with Gasteiger partial charge in [-0.25, -0.2) is 0 Å². The predicted octanol–water partition coefficient (Wildman–Crippen LogP) is 3.49. The molecule has 1 aliphatic carbocycles. The highest BCUT2D eigenvalue weighted by Crippen LogP contribution is 2.22. The van der Waals surface area contributed by atoms with Crippen molar-refractivity contribution < 1.29 is 0 Å². The summed E-state index contributed by atoms with van der Waals surface area (Å²) in [7, 11) is 2.04. The number of aromatic nitrogens is 1. The molecule has 3 aromatic rings. The van der Waals surface area contributed by atoms with Crippen LogP contribution in [0.15, 0.2) is 58.7 Å². The number of fused-ring (bicyclic) bond motifs is 2. The van der Waals surface area contributed by atoms with Gasteiger partial charge in [0.25, 0.3) is 0 Å². The van der Waals surface area contributed by atoms with Gasteiger partial charge in [0.2, 0.25) is 4.80 Å². The molecule has 1 heterocycles. The van der Waals surface area contributed by atoms with Crippen molar-refractivity contribution >= 4 is 27.3 Å². The molecule has 0 aliphatic heterocycles.